The zero-order valence-electron chi connectivity index (χ0n) is 15.5. The van der Waals surface area contributed by atoms with Gasteiger partial charge in [0.2, 0.25) is 5.91 Å². The maximum atomic E-state index is 12.6. The highest BCUT2D eigenvalue weighted by molar-refractivity contribution is 6.30. The van der Waals surface area contributed by atoms with Crippen LogP contribution >= 0.6 is 0 Å². The van der Waals surface area contributed by atoms with Crippen molar-refractivity contribution in [1.29, 1.82) is 0 Å². The summed E-state index contributed by atoms with van der Waals surface area (Å²) in [7, 11) is 0. The summed E-state index contributed by atoms with van der Waals surface area (Å²) in [6, 6.07) is 21.8. The first kappa shape index (κ1) is 16.5. The molecule has 136 valence electrons. The Hall–Kier alpha value is -3.66. The third-order valence-corrected chi connectivity index (χ3v) is 5.19. The molecule has 0 saturated carbocycles. The van der Waals surface area contributed by atoms with Gasteiger partial charge in [-0.1, -0.05) is 54.6 Å². The third kappa shape index (κ3) is 2.24. The molecule has 0 saturated heterocycles. The molecule has 1 heterocycles. The number of aromatic nitrogens is 1. The highest BCUT2D eigenvalue weighted by Gasteiger charge is 2.20. The number of nitrogens with zero attached hydrogens (tertiary/aromatic N) is 1. The van der Waals surface area contributed by atoms with E-state index < -0.39 is 0 Å². The molecule has 0 bridgehead atoms. The largest absolute Gasteiger partial charge is 0.426 e. The molecule has 0 aliphatic carbocycles. The highest BCUT2D eigenvalue weighted by atomic mass is 16.5. The number of carbonyl (C=O) groups excluding carboxylic acids is 2. The highest BCUT2D eigenvalue weighted by Crippen LogP contribution is 2.42. The molecule has 4 nitrogen and oxygen atoms in total. The van der Waals surface area contributed by atoms with E-state index in [-0.39, 0.29) is 11.9 Å². The van der Waals surface area contributed by atoms with Crippen LogP contribution in [0.4, 0.5) is 0 Å². The van der Waals surface area contributed by atoms with Gasteiger partial charge in [-0.3, -0.25) is 14.2 Å². The van der Waals surface area contributed by atoms with Crippen LogP contribution in [0.15, 0.2) is 66.7 Å². The average Bonchev–Trinajstić information content (AvgIpc) is 3.02. The van der Waals surface area contributed by atoms with Gasteiger partial charge in [0.05, 0.1) is 11.0 Å². The second-order valence-electron chi connectivity index (χ2n) is 6.94. The lowest BCUT2D eigenvalue weighted by molar-refractivity contribution is -0.131. The van der Waals surface area contributed by atoms with Crippen LogP contribution in [-0.4, -0.2) is 16.4 Å². The summed E-state index contributed by atoms with van der Waals surface area (Å²) in [6.07, 6.45) is 0. The van der Waals surface area contributed by atoms with Crippen LogP contribution < -0.4 is 4.74 Å². The lowest BCUT2D eigenvalue weighted by Gasteiger charge is -2.09. The SMILES string of the molecule is CC(=O)Oc1cc2c(c3ccccc13)c1c3ccccc3ccc1n2C(C)=O. The van der Waals surface area contributed by atoms with E-state index >= 15 is 0 Å². The molecule has 0 unspecified atom stereocenters. The normalized spacial score (nSPS) is 11.5. The summed E-state index contributed by atoms with van der Waals surface area (Å²) in [5.74, 6) is -0.00927. The minimum Gasteiger partial charge on any atom is -0.426 e. The van der Waals surface area contributed by atoms with Gasteiger partial charge in [0.25, 0.3) is 0 Å². The fraction of sp³-hybridized carbons (Fsp3) is 0.0833. The number of hydrogen-bond acceptors (Lipinski definition) is 3. The summed E-state index contributed by atoms with van der Waals surface area (Å²) in [5, 5.41) is 6.04. The molecule has 0 radical (unpaired) electrons. The molecule has 0 spiro atoms. The van der Waals surface area contributed by atoms with E-state index in [4.69, 9.17) is 4.74 Å². The van der Waals surface area contributed by atoms with E-state index in [0.717, 1.165) is 43.4 Å². The minimum absolute atomic E-state index is 0.0839. The Balaban J connectivity index is 2.12. The summed E-state index contributed by atoms with van der Waals surface area (Å²) in [5.41, 5.74) is 1.60. The zero-order chi connectivity index (χ0) is 19.4. The molecule has 5 rings (SSSR count). The van der Waals surface area contributed by atoms with Gasteiger partial charge in [-0.15, -0.1) is 0 Å². The van der Waals surface area contributed by atoms with Crippen LogP contribution in [0, 0.1) is 0 Å². The number of fused-ring (bicyclic) bond motifs is 7. The van der Waals surface area contributed by atoms with E-state index in [1.54, 1.807) is 17.6 Å². The van der Waals surface area contributed by atoms with Gasteiger partial charge in [-0.25, -0.2) is 0 Å². The smallest absolute Gasteiger partial charge is 0.308 e. The number of hydrogen-bond donors (Lipinski definition) is 0. The fourth-order valence-electron chi connectivity index (χ4n) is 4.18. The molecule has 5 aromatic rings. The van der Waals surface area contributed by atoms with Crippen molar-refractivity contribution in [3.8, 4) is 5.75 Å². The van der Waals surface area contributed by atoms with Crippen LogP contribution in [0.5, 0.6) is 5.75 Å². The summed E-state index contributed by atoms with van der Waals surface area (Å²) >= 11 is 0. The predicted molar refractivity (Wildman–Crippen MR) is 112 cm³/mol. The number of benzene rings is 4. The Morgan fingerprint density at radius 2 is 1.39 bits per heavy atom. The zero-order valence-corrected chi connectivity index (χ0v) is 15.5. The average molecular weight is 367 g/mol. The summed E-state index contributed by atoms with van der Waals surface area (Å²) in [6.45, 7) is 2.93. The first-order valence-corrected chi connectivity index (χ1v) is 9.13. The Morgan fingerprint density at radius 3 is 2.11 bits per heavy atom. The minimum atomic E-state index is -0.388. The van der Waals surface area contributed by atoms with Crippen LogP contribution in [0.25, 0.3) is 43.4 Å². The topological polar surface area (TPSA) is 48.3 Å². The molecule has 0 aliphatic rings. The van der Waals surface area contributed by atoms with Crippen LogP contribution in [0.3, 0.4) is 0 Å². The van der Waals surface area contributed by atoms with Gasteiger partial charge in [-0.05, 0) is 22.2 Å². The van der Waals surface area contributed by atoms with Crippen molar-refractivity contribution < 1.29 is 14.3 Å². The molecule has 0 N–H and O–H groups in total. The second-order valence-corrected chi connectivity index (χ2v) is 6.94. The van der Waals surface area contributed by atoms with Crippen molar-refractivity contribution in [2.45, 2.75) is 13.8 Å². The Kier molecular flexibility index (Phi) is 3.49. The van der Waals surface area contributed by atoms with Crippen LogP contribution in [0.1, 0.15) is 18.6 Å². The number of rotatable bonds is 1. The number of esters is 1. The van der Waals surface area contributed by atoms with E-state index in [9.17, 15) is 9.59 Å². The van der Waals surface area contributed by atoms with Crippen molar-refractivity contribution in [3.63, 3.8) is 0 Å². The van der Waals surface area contributed by atoms with Gasteiger partial charge >= 0.3 is 5.97 Å². The third-order valence-electron chi connectivity index (χ3n) is 5.19. The van der Waals surface area contributed by atoms with Crippen molar-refractivity contribution in [2.24, 2.45) is 0 Å². The molecule has 4 heteroatoms. The van der Waals surface area contributed by atoms with E-state index in [2.05, 4.69) is 12.1 Å². The first-order valence-electron chi connectivity index (χ1n) is 9.13. The molecular weight excluding hydrogens is 350 g/mol. The lowest BCUT2D eigenvalue weighted by atomic mass is 9.99. The lowest BCUT2D eigenvalue weighted by Crippen LogP contribution is -2.06. The Bertz CT molecular complexity index is 1440. The maximum absolute atomic E-state index is 12.6. The van der Waals surface area contributed by atoms with E-state index in [1.165, 1.54) is 6.92 Å². The quantitative estimate of drug-likeness (QED) is 0.283. The molecule has 1 aromatic heterocycles. The number of ether oxygens (including phenoxy) is 1. The van der Waals surface area contributed by atoms with Gasteiger partial charge < -0.3 is 4.74 Å². The first-order chi connectivity index (χ1) is 13.6. The number of carbonyl (C=O) groups is 2. The van der Waals surface area contributed by atoms with E-state index in [0.29, 0.717) is 5.75 Å². The molecule has 0 atom stereocenters. The van der Waals surface area contributed by atoms with Crippen LogP contribution in [-0.2, 0) is 4.79 Å². The molecule has 0 fully saturated rings. The second kappa shape index (κ2) is 5.92. The van der Waals surface area contributed by atoms with E-state index in [1.807, 2.05) is 48.5 Å². The van der Waals surface area contributed by atoms with Gasteiger partial charge in [0.15, 0.2) is 0 Å². The molecule has 0 aliphatic heterocycles. The molecule has 0 amide bonds. The van der Waals surface area contributed by atoms with Gasteiger partial charge in [0, 0.05) is 36.1 Å². The molecular formula is C24H17NO3. The predicted octanol–water partition coefficient (Wildman–Crippen LogP) is 5.69. The van der Waals surface area contributed by atoms with Crippen molar-refractivity contribution in [3.05, 3.63) is 66.7 Å². The van der Waals surface area contributed by atoms with Crippen molar-refractivity contribution in [1.82, 2.24) is 4.57 Å². The summed E-state index contributed by atoms with van der Waals surface area (Å²) < 4.78 is 7.20. The van der Waals surface area contributed by atoms with Crippen LogP contribution in [0.2, 0.25) is 0 Å². The Morgan fingerprint density at radius 1 is 0.750 bits per heavy atom. The van der Waals surface area contributed by atoms with Crippen molar-refractivity contribution in [2.75, 3.05) is 0 Å². The summed E-state index contributed by atoms with van der Waals surface area (Å²) in [4.78, 5) is 24.3. The molecule has 4 aromatic carbocycles. The van der Waals surface area contributed by atoms with Gasteiger partial charge in [0.1, 0.15) is 5.75 Å². The van der Waals surface area contributed by atoms with Crippen molar-refractivity contribution >= 4 is 55.2 Å². The fourth-order valence-corrected chi connectivity index (χ4v) is 4.18. The molecule has 28 heavy (non-hydrogen) atoms. The monoisotopic (exact) mass is 367 g/mol. The maximum Gasteiger partial charge on any atom is 0.308 e. The standard InChI is InChI=1S/C24H17NO3/c1-14(26)25-20-12-11-16-7-3-4-8-17(16)23(20)24-19-10-6-5-9-18(19)22(13-21(24)25)28-15(2)27/h3-13H,1-2H3. The Labute approximate surface area is 160 Å². The van der Waals surface area contributed by atoms with Gasteiger partial charge in [-0.2, -0.15) is 0 Å².